The Balaban J connectivity index is 2.50. The normalized spacial score (nSPS) is 12.0. The second-order valence-corrected chi connectivity index (χ2v) is 4.94. The van der Waals surface area contributed by atoms with Gasteiger partial charge in [-0.25, -0.2) is 14.0 Å². The minimum atomic E-state index is -1.08. The van der Waals surface area contributed by atoms with E-state index in [0.717, 1.165) is 0 Å². The van der Waals surface area contributed by atoms with Gasteiger partial charge in [-0.2, -0.15) is 0 Å². The van der Waals surface area contributed by atoms with E-state index in [0.29, 0.717) is 12.0 Å². The first kappa shape index (κ1) is 15.9. The summed E-state index contributed by atoms with van der Waals surface area (Å²) in [6, 6.07) is 4.50. The van der Waals surface area contributed by atoms with Gasteiger partial charge in [-0.15, -0.1) is 0 Å². The molecule has 0 aliphatic rings. The number of carboxylic acid groups (broad SMARTS) is 1. The molecule has 1 aromatic carbocycles. The van der Waals surface area contributed by atoms with Gasteiger partial charge in [0.25, 0.3) is 0 Å². The van der Waals surface area contributed by atoms with Crippen LogP contribution in [-0.4, -0.2) is 23.1 Å². The third-order valence-corrected chi connectivity index (χ3v) is 2.71. The summed E-state index contributed by atoms with van der Waals surface area (Å²) in [7, 11) is 0. The van der Waals surface area contributed by atoms with Crippen LogP contribution in [0.1, 0.15) is 25.8 Å². The number of urea groups is 1. The van der Waals surface area contributed by atoms with Gasteiger partial charge in [0, 0.05) is 12.1 Å². The molecule has 0 unspecified atom stereocenters. The molecule has 0 fully saturated rings. The van der Waals surface area contributed by atoms with E-state index in [9.17, 15) is 14.0 Å². The van der Waals surface area contributed by atoms with Crippen molar-refractivity contribution in [3.63, 3.8) is 0 Å². The minimum Gasteiger partial charge on any atom is -0.480 e. The fourth-order valence-corrected chi connectivity index (χ4v) is 1.72. The van der Waals surface area contributed by atoms with Crippen molar-refractivity contribution in [1.82, 2.24) is 10.6 Å². The van der Waals surface area contributed by atoms with Crippen molar-refractivity contribution >= 4 is 12.0 Å². The molecule has 3 N–H and O–H groups in total. The predicted molar refractivity (Wildman–Crippen MR) is 72.7 cm³/mol. The molecule has 110 valence electrons. The third-order valence-electron chi connectivity index (χ3n) is 2.71. The average molecular weight is 282 g/mol. The van der Waals surface area contributed by atoms with Crippen molar-refractivity contribution in [2.75, 3.05) is 0 Å². The Hall–Kier alpha value is -2.11. The van der Waals surface area contributed by atoms with E-state index in [1.54, 1.807) is 18.2 Å². The highest BCUT2D eigenvalue weighted by atomic mass is 19.1. The van der Waals surface area contributed by atoms with Crippen molar-refractivity contribution in [1.29, 1.82) is 0 Å². The van der Waals surface area contributed by atoms with E-state index in [-0.39, 0.29) is 12.5 Å². The quantitative estimate of drug-likeness (QED) is 0.748. The summed E-state index contributed by atoms with van der Waals surface area (Å²) in [6.07, 6.45) is 0.336. The lowest BCUT2D eigenvalue weighted by Gasteiger charge is -2.17. The van der Waals surface area contributed by atoms with E-state index in [4.69, 9.17) is 5.11 Å². The molecule has 0 radical (unpaired) electrons. The van der Waals surface area contributed by atoms with Crippen molar-refractivity contribution in [3.8, 4) is 0 Å². The van der Waals surface area contributed by atoms with Gasteiger partial charge in [-0.1, -0.05) is 32.0 Å². The van der Waals surface area contributed by atoms with E-state index in [1.807, 2.05) is 13.8 Å². The highest BCUT2D eigenvalue weighted by Gasteiger charge is 2.20. The lowest BCUT2D eigenvalue weighted by atomic mass is 10.0. The molecule has 2 amide bonds. The molecular weight excluding hydrogens is 263 g/mol. The average Bonchev–Trinajstić information content (AvgIpc) is 2.36. The molecule has 6 heteroatoms. The van der Waals surface area contributed by atoms with Gasteiger partial charge < -0.3 is 15.7 Å². The van der Waals surface area contributed by atoms with Crippen LogP contribution in [0.5, 0.6) is 0 Å². The summed E-state index contributed by atoms with van der Waals surface area (Å²) < 4.78 is 13.3. The molecule has 1 atom stereocenters. The van der Waals surface area contributed by atoms with Crippen LogP contribution in [0.15, 0.2) is 24.3 Å². The van der Waals surface area contributed by atoms with Crippen LogP contribution in [0, 0.1) is 11.7 Å². The predicted octanol–water partition coefficient (Wildman–Crippen LogP) is 2.12. The van der Waals surface area contributed by atoms with Gasteiger partial charge in [0.2, 0.25) is 0 Å². The molecule has 0 saturated heterocycles. The maximum absolute atomic E-state index is 13.3. The summed E-state index contributed by atoms with van der Waals surface area (Å²) in [5.41, 5.74) is 0.346. The maximum atomic E-state index is 13.3. The number of carbonyl (C=O) groups is 2. The lowest BCUT2D eigenvalue weighted by molar-refractivity contribution is -0.139. The highest BCUT2D eigenvalue weighted by molar-refractivity contribution is 5.82. The first-order chi connectivity index (χ1) is 9.40. The Labute approximate surface area is 117 Å². The Morgan fingerprint density at radius 3 is 2.50 bits per heavy atom. The molecule has 0 aromatic heterocycles. The Morgan fingerprint density at radius 1 is 1.30 bits per heavy atom. The number of aliphatic carboxylic acids is 1. The number of carboxylic acids is 1. The van der Waals surface area contributed by atoms with Crippen LogP contribution < -0.4 is 10.6 Å². The van der Waals surface area contributed by atoms with E-state index in [2.05, 4.69) is 10.6 Å². The lowest BCUT2D eigenvalue weighted by Crippen LogP contribution is -2.46. The summed E-state index contributed by atoms with van der Waals surface area (Å²) >= 11 is 0. The number of carbonyl (C=O) groups excluding carboxylic acids is 1. The van der Waals surface area contributed by atoms with Crippen molar-refractivity contribution in [3.05, 3.63) is 35.6 Å². The second-order valence-electron chi connectivity index (χ2n) is 4.94. The zero-order chi connectivity index (χ0) is 15.1. The van der Waals surface area contributed by atoms with Crippen LogP contribution in [0.3, 0.4) is 0 Å². The summed E-state index contributed by atoms with van der Waals surface area (Å²) in [4.78, 5) is 22.6. The zero-order valence-corrected chi connectivity index (χ0v) is 11.5. The van der Waals surface area contributed by atoms with Gasteiger partial charge in [-0.3, -0.25) is 0 Å². The number of amides is 2. The number of benzene rings is 1. The molecule has 5 nitrogen and oxygen atoms in total. The SMILES string of the molecule is CC(C)C[C@H](NC(=O)NCc1ccccc1F)C(=O)O. The van der Waals surface area contributed by atoms with Crippen LogP contribution in [0.2, 0.25) is 0 Å². The number of nitrogens with one attached hydrogen (secondary N) is 2. The number of rotatable bonds is 6. The molecule has 0 heterocycles. The topological polar surface area (TPSA) is 78.4 Å². The molecule has 1 aromatic rings. The standard InChI is InChI=1S/C14H19FN2O3/c1-9(2)7-12(13(18)19)17-14(20)16-8-10-5-3-4-6-11(10)15/h3-6,9,12H,7-8H2,1-2H3,(H,18,19)(H2,16,17,20)/t12-/m0/s1. The van der Waals surface area contributed by atoms with Crippen LogP contribution in [0.25, 0.3) is 0 Å². The fourth-order valence-electron chi connectivity index (χ4n) is 1.72. The first-order valence-electron chi connectivity index (χ1n) is 6.40. The molecule has 0 saturated carbocycles. The van der Waals surface area contributed by atoms with Gasteiger partial charge in [-0.05, 0) is 18.4 Å². The van der Waals surface area contributed by atoms with Crippen molar-refractivity contribution < 1.29 is 19.1 Å². The van der Waals surface area contributed by atoms with Crippen LogP contribution in [-0.2, 0) is 11.3 Å². The van der Waals surface area contributed by atoms with E-state index < -0.39 is 23.9 Å². The summed E-state index contributed by atoms with van der Waals surface area (Å²) in [6.45, 7) is 3.75. The molecule has 0 aliphatic heterocycles. The van der Waals surface area contributed by atoms with Gasteiger partial charge in [0.1, 0.15) is 11.9 Å². The van der Waals surface area contributed by atoms with Crippen molar-refractivity contribution in [2.24, 2.45) is 5.92 Å². The molecule has 0 spiro atoms. The fraction of sp³-hybridized carbons (Fsp3) is 0.429. The largest absolute Gasteiger partial charge is 0.480 e. The number of hydrogen-bond acceptors (Lipinski definition) is 2. The number of hydrogen-bond donors (Lipinski definition) is 3. The second kappa shape index (κ2) is 7.47. The minimum absolute atomic E-state index is 0.00647. The van der Waals surface area contributed by atoms with Gasteiger partial charge >= 0.3 is 12.0 Å². The molecule has 0 bridgehead atoms. The number of halogens is 1. The Kier molecular flexibility index (Phi) is 5.96. The monoisotopic (exact) mass is 282 g/mol. The smallest absolute Gasteiger partial charge is 0.326 e. The third kappa shape index (κ3) is 5.26. The molecular formula is C14H19FN2O3. The zero-order valence-electron chi connectivity index (χ0n) is 11.5. The first-order valence-corrected chi connectivity index (χ1v) is 6.40. The van der Waals surface area contributed by atoms with Gasteiger partial charge in [0.15, 0.2) is 0 Å². The highest BCUT2D eigenvalue weighted by Crippen LogP contribution is 2.06. The van der Waals surface area contributed by atoms with Crippen LogP contribution in [0.4, 0.5) is 9.18 Å². The molecule has 0 aliphatic carbocycles. The maximum Gasteiger partial charge on any atom is 0.326 e. The van der Waals surface area contributed by atoms with Gasteiger partial charge in [0.05, 0.1) is 0 Å². The van der Waals surface area contributed by atoms with E-state index >= 15 is 0 Å². The van der Waals surface area contributed by atoms with E-state index in [1.165, 1.54) is 6.07 Å². The van der Waals surface area contributed by atoms with Crippen LogP contribution >= 0.6 is 0 Å². The summed E-state index contributed by atoms with van der Waals surface area (Å²) in [5, 5.41) is 13.8. The molecule has 20 heavy (non-hydrogen) atoms. The Bertz CT molecular complexity index is 477. The van der Waals surface area contributed by atoms with Crippen molar-refractivity contribution in [2.45, 2.75) is 32.9 Å². The molecule has 1 rings (SSSR count). The summed E-state index contributed by atoms with van der Waals surface area (Å²) in [5.74, 6) is -1.35. The Morgan fingerprint density at radius 2 is 1.95 bits per heavy atom.